The SMILES string of the molecule is CCCCCNc1ccc([N+](=O)[O-])c2cnc(C)cc12. The third-order valence-electron chi connectivity index (χ3n) is 3.31. The van der Waals surface area contributed by atoms with Crippen LogP contribution in [0.15, 0.2) is 24.4 Å². The molecule has 0 amide bonds. The van der Waals surface area contributed by atoms with Gasteiger partial charge in [0.2, 0.25) is 0 Å². The number of benzene rings is 1. The van der Waals surface area contributed by atoms with Gasteiger partial charge in [-0.2, -0.15) is 0 Å². The second-order valence-corrected chi connectivity index (χ2v) is 4.89. The Morgan fingerprint density at radius 2 is 2.10 bits per heavy atom. The van der Waals surface area contributed by atoms with E-state index in [-0.39, 0.29) is 10.6 Å². The van der Waals surface area contributed by atoms with Crippen LogP contribution in [0.3, 0.4) is 0 Å². The first-order valence-corrected chi connectivity index (χ1v) is 6.91. The average Bonchev–Trinajstić information content (AvgIpc) is 2.43. The Bertz CT molecular complexity index is 626. The lowest BCUT2D eigenvalue weighted by atomic mass is 10.1. The molecule has 0 unspecified atom stereocenters. The molecule has 0 spiro atoms. The summed E-state index contributed by atoms with van der Waals surface area (Å²) in [6, 6.07) is 5.22. The Morgan fingerprint density at radius 1 is 1.30 bits per heavy atom. The molecule has 0 aliphatic rings. The molecule has 0 radical (unpaired) electrons. The first kappa shape index (κ1) is 14.2. The molecule has 1 aromatic carbocycles. The summed E-state index contributed by atoms with van der Waals surface area (Å²) in [7, 11) is 0. The maximum absolute atomic E-state index is 11.1. The number of nitrogens with zero attached hydrogens (tertiary/aromatic N) is 2. The maximum Gasteiger partial charge on any atom is 0.278 e. The molecule has 1 heterocycles. The van der Waals surface area contributed by atoms with Crippen molar-refractivity contribution >= 4 is 22.1 Å². The van der Waals surface area contributed by atoms with Gasteiger partial charge in [0.15, 0.2) is 0 Å². The Balaban J connectivity index is 2.37. The van der Waals surface area contributed by atoms with Crippen LogP contribution in [0.4, 0.5) is 11.4 Å². The molecular formula is C15H19N3O2. The number of rotatable bonds is 6. The summed E-state index contributed by atoms with van der Waals surface area (Å²) in [5.74, 6) is 0. The fourth-order valence-electron chi connectivity index (χ4n) is 2.24. The van der Waals surface area contributed by atoms with E-state index in [0.717, 1.165) is 29.7 Å². The van der Waals surface area contributed by atoms with Gasteiger partial charge in [0.05, 0.1) is 10.3 Å². The molecule has 0 saturated heterocycles. The summed E-state index contributed by atoms with van der Waals surface area (Å²) in [6.07, 6.45) is 5.03. The predicted octanol–water partition coefficient (Wildman–Crippen LogP) is 4.05. The van der Waals surface area contributed by atoms with Crippen molar-refractivity contribution < 1.29 is 4.92 Å². The zero-order valence-electron chi connectivity index (χ0n) is 11.8. The molecule has 0 fully saturated rings. The molecule has 5 nitrogen and oxygen atoms in total. The van der Waals surface area contributed by atoms with Gasteiger partial charge in [-0.1, -0.05) is 19.8 Å². The average molecular weight is 273 g/mol. The van der Waals surface area contributed by atoms with Crippen molar-refractivity contribution in [2.45, 2.75) is 33.1 Å². The second-order valence-electron chi connectivity index (χ2n) is 4.89. The first-order chi connectivity index (χ1) is 9.63. The zero-order chi connectivity index (χ0) is 14.5. The Hall–Kier alpha value is -2.17. The van der Waals surface area contributed by atoms with Crippen molar-refractivity contribution in [3.63, 3.8) is 0 Å². The molecule has 1 aromatic heterocycles. The van der Waals surface area contributed by atoms with Gasteiger partial charge in [-0.3, -0.25) is 15.1 Å². The number of nitro groups is 1. The molecule has 106 valence electrons. The van der Waals surface area contributed by atoms with E-state index in [1.54, 1.807) is 18.3 Å². The van der Waals surface area contributed by atoms with Crippen molar-refractivity contribution in [2.75, 3.05) is 11.9 Å². The highest BCUT2D eigenvalue weighted by Gasteiger charge is 2.14. The summed E-state index contributed by atoms with van der Waals surface area (Å²) in [5.41, 5.74) is 1.90. The summed E-state index contributed by atoms with van der Waals surface area (Å²) in [6.45, 7) is 4.93. The van der Waals surface area contributed by atoms with Crippen LogP contribution in [0.1, 0.15) is 31.9 Å². The van der Waals surface area contributed by atoms with E-state index in [1.165, 1.54) is 12.8 Å². The minimum atomic E-state index is -0.361. The van der Waals surface area contributed by atoms with E-state index >= 15 is 0 Å². The molecule has 20 heavy (non-hydrogen) atoms. The third kappa shape index (κ3) is 3.04. The van der Waals surface area contributed by atoms with Gasteiger partial charge in [-0.25, -0.2) is 0 Å². The number of nitro benzene ring substituents is 1. The van der Waals surface area contributed by atoms with E-state index in [1.807, 2.05) is 13.0 Å². The molecule has 0 saturated carbocycles. The fraction of sp³-hybridized carbons (Fsp3) is 0.400. The number of fused-ring (bicyclic) bond motifs is 1. The number of hydrogen-bond donors (Lipinski definition) is 1. The van der Waals surface area contributed by atoms with Crippen LogP contribution in [0.5, 0.6) is 0 Å². The number of hydrogen-bond acceptors (Lipinski definition) is 4. The van der Waals surface area contributed by atoms with E-state index in [9.17, 15) is 10.1 Å². The highest BCUT2D eigenvalue weighted by Crippen LogP contribution is 2.31. The summed E-state index contributed by atoms with van der Waals surface area (Å²) < 4.78 is 0. The van der Waals surface area contributed by atoms with E-state index in [4.69, 9.17) is 0 Å². The van der Waals surface area contributed by atoms with Gasteiger partial charge >= 0.3 is 0 Å². The molecule has 5 heteroatoms. The highest BCUT2D eigenvalue weighted by atomic mass is 16.6. The lowest BCUT2D eigenvalue weighted by molar-refractivity contribution is -0.383. The second kappa shape index (κ2) is 6.32. The number of pyridine rings is 1. The smallest absolute Gasteiger partial charge is 0.278 e. The van der Waals surface area contributed by atoms with Crippen LogP contribution in [0, 0.1) is 17.0 Å². The standard InChI is InChI=1S/C15H19N3O2/c1-3-4-5-8-16-14-6-7-15(18(19)20)13-10-17-11(2)9-12(13)14/h6-7,9-10,16H,3-5,8H2,1-2H3. The van der Waals surface area contributed by atoms with Gasteiger partial charge in [0, 0.05) is 35.6 Å². The monoisotopic (exact) mass is 273 g/mol. The predicted molar refractivity (Wildman–Crippen MR) is 81.1 cm³/mol. The largest absolute Gasteiger partial charge is 0.385 e. The van der Waals surface area contributed by atoms with Crippen LogP contribution in [0.2, 0.25) is 0 Å². The number of anilines is 1. The summed E-state index contributed by atoms with van der Waals surface area (Å²) in [4.78, 5) is 14.9. The summed E-state index contributed by atoms with van der Waals surface area (Å²) in [5, 5.41) is 15.9. The number of unbranched alkanes of at least 4 members (excludes halogenated alkanes) is 2. The van der Waals surface area contributed by atoms with Crippen molar-refractivity contribution in [3.05, 3.63) is 40.2 Å². The quantitative estimate of drug-likeness (QED) is 0.489. The maximum atomic E-state index is 11.1. The minimum Gasteiger partial charge on any atom is -0.385 e. The molecule has 0 bridgehead atoms. The molecule has 0 aliphatic heterocycles. The van der Waals surface area contributed by atoms with Crippen molar-refractivity contribution in [1.82, 2.24) is 4.98 Å². The van der Waals surface area contributed by atoms with Gasteiger partial charge in [0.25, 0.3) is 5.69 Å². The van der Waals surface area contributed by atoms with Gasteiger partial charge in [-0.05, 0) is 25.5 Å². The Morgan fingerprint density at radius 3 is 2.80 bits per heavy atom. The Kier molecular flexibility index (Phi) is 4.50. The molecule has 2 rings (SSSR count). The van der Waals surface area contributed by atoms with Crippen LogP contribution in [-0.2, 0) is 0 Å². The van der Waals surface area contributed by atoms with Crippen LogP contribution in [-0.4, -0.2) is 16.5 Å². The highest BCUT2D eigenvalue weighted by molar-refractivity contribution is 5.99. The summed E-state index contributed by atoms with van der Waals surface area (Å²) >= 11 is 0. The molecular weight excluding hydrogens is 254 g/mol. The number of aryl methyl sites for hydroxylation is 1. The van der Waals surface area contributed by atoms with Gasteiger partial charge in [-0.15, -0.1) is 0 Å². The first-order valence-electron chi connectivity index (χ1n) is 6.91. The van der Waals surface area contributed by atoms with E-state index in [0.29, 0.717) is 5.39 Å². The lowest BCUT2D eigenvalue weighted by Gasteiger charge is -2.10. The lowest BCUT2D eigenvalue weighted by Crippen LogP contribution is -2.03. The van der Waals surface area contributed by atoms with Crippen LogP contribution in [0.25, 0.3) is 10.8 Å². The normalized spacial score (nSPS) is 10.7. The zero-order valence-corrected chi connectivity index (χ0v) is 11.8. The molecule has 1 N–H and O–H groups in total. The van der Waals surface area contributed by atoms with Crippen LogP contribution < -0.4 is 5.32 Å². The topological polar surface area (TPSA) is 68.1 Å². The van der Waals surface area contributed by atoms with Gasteiger partial charge < -0.3 is 5.32 Å². The fourth-order valence-corrected chi connectivity index (χ4v) is 2.24. The van der Waals surface area contributed by atoms with Gasteiger partial charge in [0.1, 0.15) is 0 Å². The number of non-ortho nitro benzene ring substituents is 1. The molecule has 0 aliphatic carbocycles. The Labute approximate surface area is 118 Å². The minimum absolute atomic E-state index is 0.103. The number of nitrogens with one attached hydrogen (secondary N) is 1. The van der Waals surface area contributed by atoms with Crippen molar-refractivity contribution in [1.29, 1.82) is 0 Å². The molecule has 2 aromatic rings. The molecule has 0 atom stereocenters. The van der Waals surface area contributed by atoms with Crippen molar-refractivity contribution in [2.24, 2.45) is 0 Å². The third-order valence-corrected chi connectivity index (χ3v) is 3.31. The van der Waals surface area contributed by atoms with E-state index in [2.05, 4.69) is 17.2 Å². The van der Waals surface area contributed by atoms with Crippen molar-refractivity contribution in [3.8, 4) is 0 Å². The van der Waals surface area contributed by atoms with E-state index < -0.39 is 0 Å². The van der Waals surface area contributed by atoms with Crippen LogP contribution >= 0.6 is 0 Å². The number of aromatic nitrogens is 1.